The highest BCUT2D eigenvalue weighted by Gasteiger charge is 2.39. The average molecular weight is 1410 g/mol. The molecule has 2 aliphatic heterocycles. The van der Waals surface area contributed by atoms with Crippen molar-refractivity contribution in [2.45, 2.75) is 115 Å². The Morgan fingerprint density at radius 3 is 1.49 bits per heavy atom. The fraction of sp³-hybridized carbons (Fsp3) is 0.318. The number of ether oxygens (including phenoxy) is 1. The van der Waals surface area contributed by atoms with Gasteiger partial charge in [0.05, 0.1) is 37.7 Å². The van der Waals surface area contributed by atoms with Crippen molar-refractivity contribution in [3.05, 3.63) is 186 Å². The number of hydrogen-bond acceptors (Lipinski definition) is 15. The number of anilines is 2. The smallest absolute Gasteiger partial charge is 0.407 e. The minimum absolute atomic E-state index is 0.00423. The molecule has 0 spiro atoms. The van der Waals surface area contributed by atoms with E-state index in [1.54, 1.807) is 93.6 Å². The van der Waals surface area contributed by atoms with Gasteiger partial charge < -0.3 is 56.1 Å². The molecule has 0 saturated heterocycles. The number of carbonyl (C=O) groups excluding carboxylic acids is 9. The van der Waals surface area contributed by atoms with Crippen molar-refractivity contribution in [1.82, 2.24) is 25.8 Å². The number of alkyl carbamates (subject to hydrolysis) is 1. The number of halogens is 6. The molecular weight excluding hydrogens is 1340 g/mol. The van der Waals surface area contributed by atoms with Crippen LogP contribution in [0, 0.1) is 11.6 Å². The fourth-order valence-electron chi connectivity index (χ4n) is 10.2. The molecule has 0 aliphatic carbocycles. The van der Waals surface area contributed by atoms with Crippen LogP contribution in [-0.4, -0.2) is 126 Å². The van der Waals surface area contributed by atoms with Crippen LogP contribution in [0.5, 0.6) is 11.5 Å². The standard InChI is InChI=1S/C36H39Cl2FN4O9S.C30H29Cl2FN4O5/c1-36(2,3)51-35(48)40-17-16-27(33(46)41-26-13-12-25(37)31(38)32(26)39)42-34(47)28-19-22-10-11-24(52-53(4,49)50)18-23(22)20-43(28)30(45)15-14-29(44)21-8-6-5-7-9-21;31-21-8-9-22(28(33)27(21)32)35-29(41)23(12-13-34)36-30(42)24-15-18-6-7-20(38)14-19(18)16-37(24)26(40)11-10-25(39)17-4-2-1-3-5-17/h5-13,18,27-28H,14-17,19-20H2,1-4H3,(H,40,48)(H,41,46)(H,42,47);1-9,14,23-24,38H,10-13,15-16,34H2,(H,35,41)(H,36,42)/t27-,28-;23-,24-/m00/s1. The summed E-state index contributed by atoms with van der Waals surface area (Å²) in [5, 5.41) is 21.7. The molecule has 8 rings (SSSR count). The summed E-state index contributed by atoms with van der Waals surface area (Å²) in [5.41, 5.74) is 7.74. The lowest BCUT2D eigenvalue weighted by Crippen LogP contribution is -2.56. The minimum Gasteiger partial charge on any atom is -0.508 e. The third kappa shape index (κ3) is 20.9. The van der Waals surface area contributed by atoms with Crippen molar-refractivity contribution in [2.75, 3.05) is 30.0 Å². The molecule has 0 radical (unpaired) electrons. The molecule has 0 unspecified atom stereocenters. The van der Waals surface area contributed by atoms with Gasteiger partial charge in [0.15, 0.2) is 23.2 Å². The van der Waals surface area contributed by atoms with Crippen LogP contribution in [0.4, 0.5) is 25.0 Å². The highest BCUT2D eigenvalue weighted by molar-refractivity contribution is 7.86. The van der Waals surface area contributed by atoms with E-state index in [2.05, 4.69) is 26.6 Å². The van der Waals surface area contributed by atoms with E-state index in [0.717, 1.165) is 11.8 Å². The second-order valence-corrected chi connectivity index (χ2v) is 26.2. The quantitative estimate of drug-likeness (QED) is 0.0178. The molecule has 7 amide bonds. The number of nitrogens with one attached hydrogen (secondary N) is 5. The number of rotatable bonds is 23. The van der Waals surface area contributed by atoms with Crippen molar-refractivity contribution in [3.8, 4) is 11.5 Å². The summed E-state index contributed by atoms with van der Waals surface area (Å²) >= 11 is 23.5. The van der Waals surface area contributed by atoms with Gasteiger partial charge in [0.2, 0.25) is 35.4 Å². The van der Waals surface area contributed by atoms with E-state index in [1.165, 1.54) is 58.3 Å². The van der Waals surface area contributed by atoms with Crippen LogP contribution in [0.1, 0.15) is 102 Å². The van der Waals surface area contributed by atoms with Crippen molar-refractivity contribution < 1.29 is 74.4 Å². The van der Waals surface area contributed by atoms with Crippen LogP contribution >= 0.6 is 46.4 Å². The number of benzene rings is 6. The zero-order valence-corrected chi connectivity index (χ0v) is 55.6. The highest BCUT2D eigenvalue weighted by atomic mass is 35.5. The molecule has 2 heterocycles. The number of ketones is 2. The Hall–Kier alpha value is -8.72. The SMILES string of the molecule is CC(C)(C)OC(=O)NCC[C@H](NC(=O)[C@@H]1Cc2ccc(OS(C)(=O)=O)cc2CN1C(=O)CCC(=O)c1ccccc1)C(=O)Nc1ccc(Cl)c(Cl)c1F.NCC[C@H](NC(=O)[C@@H]1Cc2ccc(O)cc2CN1C(=O)CCC(=O)c1ccccc1)C(=O)Nc1ccc(Cl)c(Cl)c1F. The predicted octanol–water partition coefficient (Wildman–Crippen LogP) is 9.65. The number of hydrogen-bond donors (Lipinski definition) is 7. The van der Waals surface area contributed by atoms with E-state index in [4.69, 9.17) is 61.1 Å². The topological polar surface area (TPSA) is 319 Å². The number of carbonyl (C=O) groups is 9. The summed E-state index contributed by atoms with van der Waals surface area (Å²) in [6.07, 6.45) is -0.611. The van der Waals surface area contributed by atoms with Crippen molar-refractivity contribution in [1.29, 1.82) is 0 Å². The normalized spacial score (nSPS) is 14.8. The Morgan fingerprint density at radius 1 is 0.611 bits per heavy atom. The first-order chi connectivity index (χ1) is 44.9. The molecule has 95 heavy (non-hydrogen) atoms. The summed E-state index contributed by atoms with van der Waals surface area (Å²) in [7, 11) is -3.87. The summed E-state index contributed by atoms with van der Waals surface area (Å²) < 4.78 is 63.2. The molecule has 8 N–H and O–H groups in total. The highest BCUT2D eigenvalue weighted by Crippen LogP contribution is 2.34. The van der Waals surface area contributed by atoms with Crippen LogP contribution in [0.25, 0.3) is 0 Å². The number of nitrogens with zero attached hydrogens (tertiary/aromatic N) is 2. The second-order valence-electron chi connectivity index (χ2n) is 23.1. The monoisotopic (exact) mass is 1410 g/mol. The summed E-state index contributed by atoms with van der Waals surface area (Å²) in [6, 6.07) is 26.3. The first-order valence-corrected chi connectivity index (χ1v) is 33.0. The van der Waals surface area contributed by atoms with Crippen LogP contribution in [0.2, 0.25) is 20.1 Å². The largest absolute Gasteiger partial charge is 0.508 e. The Morgan fingerprint density at radius 2 is 1.05 bits per heavy atom. The van der Waals surface area contributed by atoms with Gasteiger partial charge in [-0.05, 0) is 111 Å². The van der Waals surface area contributed by atoms with Gasteiger partial charge in [-0.25, -0.2) is 13.6 Å². The number of nitrogens with two attached hydrogens (primary N) is 1. The van der Waals surface area contributed by atoms with Crippen molar-refractivity contribution in [3.63, 3.8) is 0 Å². The van der Waals surface area contributed by atoms with Crippen LogP contribution in [-0.2, 0) is 69.6 Å². The summed E-state index contributed by atoms with van der Waals surface area (Å²) in [6.45, 7) is 4.74. The number of Topliss-reactive ketones (excluding diaryl/α,β-unsaturated/α-hetero) is 2. The molecule has 29 heteroatoms. The third-order valence-electron chi connectivity index (χ3n) is 14.9. The molecule has 6 aromatic rings. The molecule has 0 saturated carbocycles. The summed E-state index contributed by atoms with van der Waals surface area (Å²) in [5.74, 6) is -6.40. The zero-order chi connectivity index (χ0) is 69.5. The molecule has 504 valence electrons. The Bertz CT molecular complexity index is 4000. The summed E-state index contributed by atoms with van der Waals surface area (Å²) in [4.78, 5) is 122. The number of amides is 7. The van der Waals surface area contributed by atoms with Gasteiger partial charge in [-0.2, -0.15) is 8.42 Å². The second kappa shape index (κ2) is 33.1. The van der Waals surface area contributed by atoms with E-state index < -0.39 is 98.1 Å². The Balaban J connectivity index is 0.000000276. The Labute approximate surface area is 566 Å². The first-order valence-electron chi connectivity index (χ1n) is 29.6. The fourth-order valence-corrected chi connectivity index (χ4v) is 11.2. The van der Waals surface area contributed by atoms with Crippen molar-refractivity contribution >= 4 is 121 Å². The maximum atomic E-state index is 14.9. The van der Waals surface area contributed by atoms with E-state index in [-0.39, 0.29) is 127 Å². The minimum atomic E-state index is -3.87. The van der Waals surface area contributed by atoms with Gasteiger partial charge in [0.1, 0.15) is 41.3 Å². The molecule has 4 atom stereocenters. The molecule has 0 bridgehead atoms. The number of aromatic hydroxyl groups is 1. The Kier molecular flexibility index (Phi) is 25.7. The zero-order valence-electron chi connectivity index (χ0n) is 51.7. The molecule has 6 aromatic carbocycles. The third-order valence-corrected chi connectivity index (χ3v) is 16.9. The van der Waals surface area contributed by atoms with Gasteiger partial charge in [-0.15, -0.1) is 0 Å². The lowest BCUT2D eigenvalue weighted by Gasteiger charge is -2.37. The van der Waals surface area contributed by atoms with Gasteiger partial charge in [0, 0.05) is 69.3 Å². The van der Waals surface area contributed by atoms with E-state index in [1.807, 2.05) is 0 Å². The molecule has 22 nitrogen and oxygen atoms in total. The molecule has 0 fully saturated rings. The van der Waals surface area contributed by atoms with Gasteiger partial charge in [-0.3, -0.25) is 38.4 Å². The van der Waals surface area contributed by atoms with Crippen molar-refractivity contribution in [2.24, 2.45) is 5.73 Å². The molecule has 0 aromatic heterocycles. The van der Waals surface area contributed by atoms with Gasteiger partial charge in [0.25, 0.3) is 0 Å². The average Bonchev–Trinajstić information content (AvgIpc) is 0.874. The lowest BCUT2D eigenvalue weighted by molar-refractivity contribution is -0.142. The van der Waals surface area contributed by atoms with Gasteiger partial charge >= 0.3 is 16.2 Å². The van der Waals surface area contributed by atoms with Crippen LogP contribution in [0.3, 0.4) is 0 Å². The maximum Gasteiger partial charge on any atom is 0.407 e. The van der Waals surface area contributed by atoms with Crippen LogP contribution in [0.15, 0.2) is 121 Å². The number of phenolic OH excluding ortho intramolecular Hbond substituents is 1. The van der Waals surface area contributed by atoms with Crippen LogP contribution < -0.4 is 36.5 Å². The molecular formula is C66H68Cl4F2N8O14S. The van der Waals surface area contributed by atoms with E-state index in [9.17, 15) is 65.5 Å². The maximum absolute atomic E-state index is 14.9. The van der Waals surface area contributed by atoms with Gasteiger partial charge in [-0.1, -0.05) is 119 Å². The lowest BCUT2D eigenvalue weighted by atomic mass is 9.92. The number of phenols is 1. The first kappa shape index (κ1) is 73.7. The van der Waals surface area contributed by atoms with E-state index >= 15 is 0 Å². The number of fused-ring (bicyclic) bond motifs is 2. The molecule has 2 aliphatic rings. The van der Waals surface area contributed by atoms with E-state index in [0.29, 0.717) is 27.8 Å². The predicted molar refractivity (Wildman–Crippen MR) is 353 cm³/mol.